The Labute approximate surface area is 121 Å². The number of carbonyl (C=O) groups is 1. The smallest absolute Gasteiger partial charge is 0.251 e. The molecule has 1 heterocycles. The largest absolute Gasteiger partial charge is 0.384 e. The maximum absolute atomic E-state index is 12.1. The van der Waals surface area contributed by atoms with Crippen molar-refractivity contribution in [2.24, 2.45) is 0 Å². The number of hydrogen-bond donors (Lipinski definition) is 2. The van der Waals surface area contributed by atoms with Crippen LogP contribution in [0.4, 0.5) is 0 Å². The highest BCUT2D eigenvalue weighted by atomic mass is 32.2. The topological polar surface area (TPSA) is 66.4 Å². The van der Waals surface area contributed by atoms with Gasteiger partial charge in [0.05, 0.1) is 0 Å². The third-order valence-electron chi connectivity index (χ3n) is 3.16. The van der Waals surface area contributed by atoms with Gasteiger partial charge < -0.3 is 10.4 Å². The Hall–Kier alpha value is -1.64. The predicted molar refractivity (Wildman–Crippen MR) is 78.8 cm³/mol. The Morgan fingerprint density at radius 2 is 2.15 bits per heavy atom. The molecule has 0 aliphatic carbocycles. The van der Waals surface area contributed by atoms with E-state index < -0.39 is 10.8 Å². The minimum Gasteiger partial charge on any atom is -0.384 e. The average Bonchev–Trinajstić information content (AvgIpc) is 2.48. The molecule has 5 heteroatoms. The van der Waals surface area contributed by atoms with Crippen LogP contribution in [0.2, 0.25) is 0 Å². The first-order valence-electron chi connectivity index (χ1n) is 6.54. The summed E-state index contributed by atoms with van der Waals surface area (Å²) in [5.74, 6) is 6.53. The molecule has 0 spiro atoms. The number of aliphatic hydroxyl groups is 1. The predicted octanol–water partition coefficient (Wildman–Crippen LogP) is 0.671. The molecule has 0 bridgehead atoms. The molecule has 106 valence electrons. The van der Waals surface area contributed by atoms with E-state index in [9.17, 15) is 9.00 Å². The maximum atomic E-state index is 12.1. The van der Waals surface area contributed by atoms with Crippen molar-refractivity contribution in [2.75, 3.05) is 18.1 Å². The molecule has 0 saturated carbocycles. The molecular formula is C15H17NO3S. The van der Waals surface area contributed by atoms with Crippen LogP contribution in [0.5, 0.6) is 0 Å². The van der Waals surface area contributed by atoms with E-state index >= 15 is 0 Å². The van der Waals surface area contributed by atoms with Crippen LogP contribution in [-0.4, -0.2) is 39.4 Å². The maximum Gasteiger partial charge on any atom is 0.251 e. The van der Waals surface area contributed by atoms with Crippen molar-refractivity contribution in [1.82, 2.24) is 5.32 Å². The SMILES string of the molecule is O=C(NC1CCS(=O)CC1)c1cccc(C#CCO)c1. The fraction of sp³-hybridized carbons (Fsp3) is 0.400. The van der Waals surface area contributed by atoms with Gasteiger partial charge in [-0.2, -0.15) is 0 Å². The van der Waals surface area contributed by atoms with Gasteiger partial charge in [-0.25, -0.2) is 0 Å². The lowest BCUT2D eigenvalue weighted by Crippen LogP contribution is -2.39. The Morgan fingerprint density at radius 3 is 2.85 bits per heavy atom. The standard InChI is InChI=1S/C15H17NO3S/c17-8-2-4-12-3-1-5-13(11-12)15(18)16-14-6-9-20(19)10-7-14/h1,3,5,11,14,17H,6-10H2,(H,16,18). The third kappa shape index (κ3) is 4.19. The highest BCUT2D eigenvalue weighted by Gasteiger charge is 2.19. The molecule has 2 N–H and O–H groups in total. The van der Waals surface area contributed by atoms with Crippen molar-refractivity contribution in [3.8, 4) is 11.8 Å². The molecule has 4 nitrogen and oxygen atoms in total. The lowest BCUT2D eigenvalue weighted by molar-refractivity contribution is 0.0934. The molecule has 1 aliphatic heterocycles. The van der Waals surface area contributed by atoms with E-state index in [0.29, 0.717) is 22.6 Å². The van der Waals surface area contributed by atoms with Crippen LogP contribution in [0.25, 0.3) is 0 Å². The van der Waals surface area contributed by atoms with Crippen molar-refractivity contribution in [2.45, 2.75) is 18.9 Å². The first-order chi connectivity index (χ1) is 9.69. The Kier molecular flexibility index (Phi) is 5.33. The van der Waals surface area contributed by atoms with Crippen LogP contribution in [0.1, 0.15) is 28.8 Å². The van der Waals surface area contributed by atoms with Crippen molar-refractivity contribution < 1.29 is 14.1 Å². The van der Waals surface area contributed by atoms with Gasteiger partial charge in [0, 0.05) is 39.5 Å². The Bertz CT molecular complexity index is 564. The minimum absolute atomic E-state index is 0.104. The summed E-state index contributed by atoms with van der Waals surface area (Å²) in [6.45, 7) is -0.199. The molecule has 1 aromatic carbocycles. The van der Waals surface area contributed by atoms with E-state index in [0.717, 1.165) is 12.8 Å². The first kappa shape index (κ1) is 14.8. The molecular weight excluding hydrogens is 274 g/mol. The lowest BCUT2D eigenvalue weighted by atomic mass is 10.1. The van der Waals surface area contributed by atoms with Gasteiger partial charge in [-0.3, -0.25) is 9.00 Å². The number of nitrogens with one attached hydrogen (secondary N) is 1. The molecule has 2 rings (SSSR count). The summed E-state index contributed by atoms with van der Waals surface area (Å²) in [4.78, 5) is 12.1. The number of carbonyl (C=O) groups excluding carboxylic acids is 1. The van der Waals surface area contributed by atoms with Crippen LogP contribution in [0, 0.1) is 11.8 Å². The fourth-order valence-corrected chi connectivity index (χ4v) is 3.39. The third-order valence-corrected chi connectivity index (χ3v) is 4.54. The molecule has 0 aromatic heterocycles. The summed E-state index contributed by atoms with van der Waals surface area (Å²) in [5.41, 5.74) is 1.26. The van der Waals surface area contributed by atoms with Gasteiger partial charge in [0.25, 0.3) is 5.91 Å². The summed E-state index contributed by atoms with van der Waals surface area (Å²) in [6, 6.07) is 7.11. The van der Waals surface area contributed by atoms with Crippen LogP contribution >= 0.6 is 0 Å². The molecule has 1 saturated heterocycles. The molecule has 1 aliphatic rings. The molecule has 1 fully saturated rings. The zero-order valence-corrected chi connectivity index (χ0v) is 11.9. The van der Waals surface area contributed by atoms with E-state index in [1.807, 2.05) is 0 Å². The van der Waals surface area contributed by atoms with E-state index in [1.54, 1.807) is 24.3 Å². The van der Waals surface area contributed by atoms with Gasteiger partial charge in [-0.05, 0) is 31.0 Å². The average molecular weight is 291 g/mol. The summed E-state index contributed by atoms with van der Waals surface area (Å²) in [7, 11) is -0.721. The van der Waals surface area contributed by atoms with Crippen molar-refractivity contribution in [3.05, 3.63) is 35.4 Å². The van der Waals surface area contributed by atoms with Gasteiger partial charge in [-0.15, -0.1) is 0 Å². The van der Waals surface area contributed by atoms with Crippen molar-refractivity contribution in [1.29, 1.82) is 0 Å². The normalized spacial score (nSPS) is 21.6. The zero-order valence-electron chi connectivity index (χ0n) is 11.1. The number of aliphatic hydroxyl groups excluding tert-OH is 1. The van der Waals surface area contributed by atoms with E-state index in [2.05, 4.69) is 17.2 Å². The second kappa shape index (κ2) is 7.22. The number of hydrogen-bond acceptors (Lipinski definition) is 3. The van der Waals surface area contributed by atoms with Crippen LogP contribution in [-0.2, 0) is 10.8 Å². The summed E-state index contributed by atoms with van der Waals surface area (Å²) >= 11 is 0. The first-order valence-corrected chi connectivity index (χ1v) is 8.03. The monoisotopic (exact) mass is 291 g/mol. The van der Waals surface area contributed by atoms with E-state index in [1.165, 1.54) is 0 Å². The highest BCUT2D eigenvalue weighted by Crippen LogP contribution is 2.11. The Balaban J connectivity index is 2.00. The van der Waals surface area contributed by atoms with Gasteiger partial charge in [0.1, 0.15) is 6.61 Å². The van der Waals surface area contributed by atoms with Gasteiger partial charge in [-0.1, -0.05) is 17.9 Å². The van der Waals surface area contributed by atoms with Crippen molar-refractivity contribution >= 4 is 16.7 Å². The number of rotatable bonds is 2. The fourth-order valence-electron chi connectivity index (χ4n) is 2.09. The molecule has 1 aromatic rings. The second-order valence-electron chi connectivity index (χ2n) is 4.64. The molecule has 0 atom stereocenters. The quantitative estimate of drug-likeness (QED) is 0.787. The highest BCUT2D eigenvalue weighted by molar-refractivity contribution is 7.85. The second-order valence-corrected chi connectivity index (χ2v) is 6.33. The minimum atomic E-state index is -0.721. The number of benzene rings is 1. The molecule has 20 heavy (non-hydrogen) atoms. The summed E-state index contributed by atoms with van der Waals surface area (Å²) < 4.78 is 11.3. The molecule has 0 unspecified atom stereocenters. The summed E-state index contributed by atoms with van der Waals surface area (Å²) in [5, 5.41) is 11.6. The van der Waals surface area contributed by atoms with Gasteiger partial charge in [0.15, 0.2) is 0 Å². The zero-order chi connectivity index (χ0) is 14.4. The molecule has 0 radical (unpaired) electrons. The van der Waals surface area contributed by atoms with Crippen molar-refractivity contribution in [3.63, 3.8) is 0 Å². The van der Waals surface area contributed by atoms with E-state index in [-0.39, 0.29) is 18.6 Å². The number of amides is 1. The molecule has 1 amide bonds. The van der Waals surface area contributed by atoms with Gasteiger partial charge in [0.2, 0.25) is 0 Å². The summed E-state index contributed by atoms with van der Waals surface area (Å²) in [6.07, 6.45) is 1.53. The van der Waals surface area contributed by atoms with Gasteiger partial charge >= 0.3 is 0 Å². The van der Waals surface area contributed by atoms with E-state index in [4.69, 9.17) is 5.11 Å². The van der Waals surface area contributed by atoms with Crippen LogP contribution < -0.4 is 5.32 Å². The van der Waals surface area contributed by atoms with Crippen LogP contribution in [0.3, 0.4) is 0 Å². The van der Waals surface area contributed by atoms with Crippen LogP contribution in [0.15, 0.2) is 24.3 Å². The Morgan fingerprint density at radius 1 is 1.40 bits per heavy atom. The lowest BCUT2D eigenvalue weighted by Gasteiger charge is -2.22.